The van der Waals surface area contributed by atoms with Gasteiger partial charge in [-0.15, -0.1) is 0 Å². The summed E-state index contributed by atoms with van der Waals surface area (Å²) < 4.78 is 5.27. The third kappa shape index (κ3) is 5.55. The third-order valence-electron chi connectivity index (χ3n) is 5.39. The van der Waals surface area contributed by atoms with E-state index in [0.717, 1.165) is 54.3 Å². The summed E-state index contributed by atoms with van der Waals surface area (Å²) >= 11 is 0. The van der Waals surface area contributed by atoms with Crippen molar-refractivity contribution in [1.82, 2.24) is 19.9 Å². The van der Waals surface area contributed by atoms with Gasteiger partial charge in [0.25, 0.3) is 0 Å². The van der Waals surface area contributed by atoms with Crippen molar-refractivity contribution in [1.29, 1.82) is 0 Å². The Labute approximate surface area is 182 Å². The molecule has 0 unspecified atom stereocenters. The van der Waals surface area contributed by atoms with Crippen LogP contribution in [-0.4, -0.2) is 65.2 Å². The minimum absolute atomic E-state index is 0.136. The highest BCUT2D eigenvalue weighted by Gasteiger charge is 2.22. The van der Waals surface area contributed by atoms with Crippen LogP contribution in [0.1, 0.15) is 6.42 Å². The highest BCUT2D eigenvalue weighted by molar-refractivity contribution is 5.69. The second kappa shape index (κ2) is 9.82. The van der Waals surface area contributed by atoms with Gasteiger partial charge in [-0.1, -0.05) is 0 Å². The molecular formula is C23H29N7O. The smallest absolute Gasteiger partial charge is 0.223 e. The van der Waals surface area contributed by atoms with Gasteiger partial charge < -0.3 is 21.5 Å². The highest BCUT2D eigenvalue weighted by Crippen LogP contribution is 2.26. The lowest BCUT2D eigenvalue weighted by Gasteiger charge is -2.34. The van der Waals surface area contributed by atoms with Gasteiger partial charge in [0.1, 0.15) is 5.75 Å². The first kappa shape index (κ1) is 21.2. The van der Waals surface area contributed by atoms with Gasteiger partial charge in [0, 0.05) is 61.8 Å². The number of anilines is 1. The molecule has 0 amide bonds. The monoisotopic (exact) mass is 419 g/mol. The van der Waals surface area contributed by atoms with Crippen LogP contribution in [0.25, 0.3) is 22.5 Å². The second-order valence-electron chi connectivity index (χ2n) is 7.87. The predicted molar refractivity (Wildman–Crippen MR) is 123 cm³/mol. The standard InChI is InChI=1S/C23H29N7O/c1-31-20-4-2-16(3-5-20)21-13-22(17-6-8-26-9-7-17)29-23(28-21)27-10-11-30-14-18(24)12-19(25)15-30/h2-9,13,18-19H,10-12,14-15,24-25H2,1H3,(H,27,28,29)/t18-,19+. The summed E-state index contributed by atoms with van der Waals surface area (Å²) in [5.74, 6) is 1.40. The zero-order valence-electron chi connectivity index (χ0n) is 17.7. The maximum atomic E-state index is 6.11. The van der Waals surface area contributed by atoms with Crippen LogP contribution in [0, 0.1) is 0 Å². The van der Waals surface area contributed by atoms with Gasteiger partial charge in [0.15, 0.2) is 0 Å². The number of nitrogens with zero attached hydrogens (tertiary/aromatic N) is 4. The largest absolute Gasteiger partial charge is 0.497 e. The molecule has 0 aliphatic carbocycles. The molecule has 3 heterocycles. The van der Waals surface area contributed by atoms with Gasteiger partial charge in [0.2, 0.25) is 5.95 Å². The molecular weight excluding hydrogens is 390 g/mol. The minimum Gasteiger partial charge on any atom is -0.497 e. The van der Waals surface area contributed by atoms with E-state index < -0.39 is 0 Å². The van der Waals surface area contributed by atoms with E-state index in [4.69, 9.17) is 26.2 Å². The van der Waals surface area contributed by atoms with Crippen molar-refractivity contribution < 1.29 is 4.74 Å². The molecule has 1 saturated heterocycles. The van der Waals surface area contributed by atoms with Crippen LogP contribution in [0.3, 0.4) is 0 Å². The van der Waals surface area contributed by atoms with E-state index in [2.05, 4.69) is 15.2 Å². The second-order valence-corrected chi connectivity index (χ2v) is 7.87. The number of nitrogens with two attached hydrogens (primary N) is 2. The normalized spacial score (nSPS) is 19.2. The summed E-state index contributed by atoms with van der Waals surface area (Å²) in [5, 5.41) is 3.38. The molecule has 8 nitrogen and oxygen atoms in total. The SMILES string of the molecule is COc1ccc(-c2cc(-c3ccncc3)nc(NCCN3C[C@H](N)C[C@H](N)C3)n2)cc1. The Morgan fingerprint density at radius 3 is 2.19 bits per heavy atom. The maximum Gasteiger partial charge on any atom is 0.223 e. The number of hydrogen-bond acceptors (Lipinski definition) is 8. The zero-order valence-corrected chi connectivity index (χ0v) is 17.7. The van der Waals surface area contributed by atoms with E-state index in [1.165, 1.54) is 0 Å². The Kier molecular flexibility index (Phi) is 6.71. The summed E-state index contributed by atoms with van der Waals surface area (Å²) in [6.07, 6.45) is 4.41. The molecule has 5 N–H and O–H groups in total. The number of methoxy groups -OCH3 is 1. The summed E-state index contributed by atoms with van der Waals surface area (Å²) in [6, 6.07) is 14.0. The number of pyridine rings is 1. The van der Waals surface area contributed by atoms with Gasteiger partial charge >= 0.3 is 0 Å². The van der Waals surface area contributed by atoms with Gasteiger partial charge in [-0.25, -0.2) is 9.97 Å². The molecule has 2 atom stereocenters. The number of rotatable bonds is 7. The molecule has 1 aromatic carbocycles. The molecule has 0 bridgehead atoms. The summed E-state index contributed by atoms with van der Waals surface area (Å²) in [5.41, 5.74) is 15.9. The molecule has 0 spiro atoms. The topological polar surface area (TPSA) is 115 Å². The van der Waals surface area contributed by atoms with Crippen molar-refractivity contribution >= 4 is 5.95 Å². The Morgan fingerprint density at radius 1 is 0.968 bits per heavy atom. The predicted octanol–water partition coefficient (Wildman–Crippen LogP) is 1.99. The van der Waals surface area contributed by atoms with Crippen LogP contribution in [0.4, 0.5) is 5.95 Å². The van der Waals surface area contributed by atoms with Crippen molar-refractivity contribution in [3.8, 4) is 28.3 Å². The fourth-order valence-electron chi connectivity index (χ4n) is 3.89. The Balaban J connectivity index is 1.54. The first-order valence-electron chi connectivity index (χ1n) is 10.5. The first-order valence-corrected chi connectivity index (χ1v) is 10.5. The zero-order chi connectivity index (χ0) is 21.6. The molecule has 8 heteroatoms. The van der Waals surface area contributed by atoms with Crippen molar-refractivity contribution in [2.75, 3.05) is 38.6 Å². The van der Waals surface area contributed by atoms with E-state index in [0.29, 0.717) is 12.5 Å². The Bertz CT molecular complexity index is 971. The lowest BCUT2D eigenvalue weighted by Crippen LogP contribution is -2.53. The van der Waals surface area contributed by atoms with Crippen molar-refractivity contribution in [3.63, 3.8) is 0 Å². The van der Waals surface area contributed by atoms with Gasteiger partial charge in [-0.3, -0.25) is 9.88 Å². The van der Waals surface area contributed by atoms with Crippen molar-refractivity contribution in [3.05, 3.63) is 54.9 Å². The Hall–Kier alpha value is -3.07. The molecule has 162 valence electrons. The van der Waals surface area contributed by atoms with Gasteiger partial charge in [-0.2, -0.15) is 0 Å². The Morgan fingerprint density at radius 2 is 1.58 bits per heavy atom. The number of nitrogens with one attached hydrogen (secondary N) is 1. The van der Waals surface area contributed by atoms with Crippen LogP contribution in [0.5, 0.6) is 5.75 Å². The summed E-state index contributed by atoms with van der Waals surface area (Å²) in [4.78, 5) is 15.9. The maximum absolute atomic E-state index is 6.11. The number of ether oxygens (including phenoxy) is 1. The number of aromatic nitrogens is 3. The van der Waals surface area contributed by atoms with Crippen LogP contribution in [0.2, 0.25) is 0 Å². The van der Waals surface area contributed by atoms with Crippen molar-refractivity contribution in [2.45, 2.75) is 18.5 Å². The fraction of sp³-hybridized carbons (Fsp3) is 0.348. The minimum atomic E-state index is 0.136. The number of likely N-dealkylation sites (tertiary alicyclic amines) is 1. The average Bonchev–Trinajstić information content (AvgIpc) is 2.79. The average molecular weight is 420 g/mol. The molecule has 0 radical (unpaired) electrons. The summed E-state index contributed by atoms with van der Waals surface area (Å²) in [6.45, 7) is 3.28. The molecule has 4 rings (SSSR count). The molecule has 1 aliphatic heterocycles. The van der Waals surface area contributed by atoms with Crippen LogP contribution in [0.15, 0.2) is 54.9 Å². The number of hydrogen-bond donors (Lipinski definition) is 3. The first-order chi connectivity index (χ1) is 15.1. The van der Waals surface area contributed by atoms with Gasteiger partial charge in [0.05, 0.1) is 18.5 Å². The van der Waals surface area contributed by atoms with Crippen LogP contribution < -0.4 is 21.5 Å². The van der Waals surface area contributed by atoms with E-state index in [1.54, 1.807) is 19.5 Å². The number of piperidine rings is 1. The van der Waals surface area contributed by atoms with E-state index in [-0.39, 0.29) is 12.1 Å². The highest BCUT2D eigenvalue weighted by atomic mass is 16.5. The fourth-order valence-corrected chi connectivity index (χ4v) is 3.89. The number of benzene rings is 1. The molecule has 1 fully saturated rings. The quantitative estimate of drug-likeness (QED) is 0.533. The molecule has 1 aliphatic rings. The van der Waals surface area contributed by atoms with Crippen molar-refractivity contribution in [2.24, 2.45) is 11.5 Å². The summed E-state index contributed by atoms with van der Waals surface area (Å²) in [7, 11) is 1.66. The molecule has 2 aromatic heterocycles. The van der Waals surface area contributed by atoms with Crippen LogP contribution >= 0.6 is 0 Å². The van der Waals surface area contributed by atoms with Crippen LogP contribution in [-0.2, 0) is 0 Å². The lowest BCUT2D eigenvalue weighted by molar-refractivity contribution is 0.196. The molecule has 3 aromatic rings. The molecule has 0 saturated carbocycles. The molecule has 31 heavy (non-hydrogen) atoms. The lowest BCUT2D eigenvalue weighted by atomic mass is 10.0. The van der Waals surface area contributed by atoms with Gasteiger partial charge in [-0.05, 0) is 48.9 Å². The van der Waals surface area contributed by atoms with E-state index >= 15 is 0 Å². The van der Waals surface area contributed by atoms with E-state index in [9.17, 15) is 0 Å². The van der Waals surface area contributed by atoms with E-state index in [1.807, 2.05) is 42.5 Å². The third-order valence-corrected chi connectivity index (χ3v) is 5.39.